The van der Waals surface area contributed by atoms with Gasteiger partial charge in [0.05, 0.1) is 5.92 Å². The fraction of sp³-hybridized carbons (Fsp3) is 0.900. The first-order valence-electron chi connectivity index (χ1n) is 4.93. The molecule has 2 nitrogen and oxygen atoms in total. The average molecular weight is 168 g/mol. The Labute approximate surface area is 73.0 Å². The van der Waals surface area contributed by atoms with E-state index in [1.807, 2.05) is 0 Å². The molecular formula is C10H16O2. The molecule has 1 N–H and O–H groups in total. The quantitative estimate of drug-likeness (QED) is 0.651. The van der Waals surface area contributed by atoms with Crippen LogP contribution in [-0.4, -0.2) is 11.1 Å². The fourth-order valence-electron chi connectivity index (χ4n) is 3.26. The largest absolute Gasteiger partial charge is 0.481 e. The van der Waals surface area contributed by atoms with E-state index >= 15 is 0 Å². The molecule has 2 aliphatic rings. The molecule has 2 heteroatoms. The predicted octanol–water partition coefficient (Wildman–Crippen LogP) is 2.14. The van der Waals surface area contributed by atoms with Crippen molar-refractivity contribution in [2.24, 2.45) is 23.7 Å². The summed E-state index contributed by atoms with van der Waals surface area (Å²) in [6.07, 6.45) is 4.61. The Hall–Kier alpha value is -0.530. The van der Waals surface area contributed by atoms with Crippen molar-refractivity contribution in [2.45, 2.75) is 32.6 Å². The van der Waals surface area contributed by atoms with E-state index in [0.717, 1.165) is 18.8 Å². The molecular weight excluding hydrogens is 152 g/mol. The average Bonchev–Trinajstić information content (AvgIpc) is 2.53. The SMILES string of the molecule is C[C@H]1C[C@@H](C(=O)O)[C@H]2CCC[C@@H]21. The van der Waals surface area contributed by atoms with Gasteiger partial charge in [-0.3, -0.25) is 4.79 Å². The van der Waals surface area contributed by atoms with Crippen LogP contribution in [0, 0.1) is 23.7 Å². The van der Waals surface area contributed by atoms with Crippen molar-refractivity contribution in [1.82, 2.24) is 0 Å². The maximum Gasteiger partial charge on any atom is 0.306 e. The summed E-state index contributed by atoms with van der Waals surface area (Å²) in [4.78, 5) is 10.9. The Morgan fingerprint density at radius 2 is 2.00 bits per heavy atom. The van der Waals surface area contributed by atoms with Crippen LogP contribution in [0.3, 0.4) is 0 Å². The summed E-state index contributed by atoms with van der Waals surface area (Å²) in [5.41, 5.74) is 0. The minimum atomic E-state index is -0.559. The van der Waals surface area contributed by atoms with Gasteiger partial charge in [-0.05, 0) is 37.0 Å². The van der Waals surface area contributed by atoms with Gasteiger partial charge >= 0.3 is 5.97 Å². The van der Waals surface area contributed by atoms with Crippen LogP contribution < -0.4 is 0 Å². The predicted molar refractivity (Wildman–Crippen MR) is 45.7 cm³/mol. The molecule has 0 aromatic heterocycles. The molecule has 0 aromatic rings. The summed E-state index contributed by atoms with van der Waals surface area (Å²) < 4.78 is 0. The minimum absolute atomic E-state index is 0.0208. The van der Waals surface area contributed by atoms with Crippen molar-refractivity contribution < 1.29 is 9.90 Å². The van der Waals surface area contributed by atoms with Gasteiger partial charge in [0.25, 0.3) is 0 Å². The third kappa shape index (κ3) is 1.05. The molecule has 0 heterocycles. The number of carboxylic acid groups (broad SMARTS) is 1. The number of hydrogen-bond acceptors (Lipinski definition) is 1. The highest BCUT2D eigenvalue weighted by Gasteiger charge is 2.46. The Bertz CT molecular complexity index is 200. The van der Waals surface area contributed by atoms with Gasteiger partial charge in [-0.1, -0.05) is 13.3 Å². The van der Waals surface area contributed by atoms with Gasteiger partial charge in [0.2, 0.25) is 0 Å². The van der Waals surface area contributed by atoms with Crippen molar-refractivity contribution in [3.05, 3.63) is 0 Å². The lowest BCUT2D eigenvalue weighted by Crippen LogP contribution is -2.18. The van der Waals surface area contributed by atoms with Gasteiger partial charge in [0.1, 0.15) is 0 Å². The zero-order valence-electron chi connectivity index (χ0n) is 7.49. The maximum atomic E-state index is 10.9. The Kier molecular flexibility index (Phi) is 1.85. The maximum absolute atomic E-state index is 10.9. The van der Waals surface area contributed by atoms with E-state index in [0.29, 0.717) is 11.8 Å². The molecule has 68 valence electrons. The van der Waals surface area contributed by atoms with Crippen molar-refractivity contribution in [1.29, 1.82) is 0 Å². The van der Waals surface area contributed by atoms with Crippen LogP contribution in [0.2, 0.25) is 0 Å². The first-order chi connectivity index (χ1) is 5.70. The summed E-state index contributed by atoms with van der Waals surface area (Å²) in [5.74, 6) is 1.31. The Morgan fingerprint density at radius 3 is 2.67 bits per heavy atom. The molecule has 2 saturated carbocycles. The zero-order chi connectivity index (χ0) is 8.72. The highest BCUT2D eigenvalue weighted by atomic mass is 16.4. The van der Waals surface area contributed by atoms with Crippen molar-refractivity contribution in [3.8, 4) is 0 Å². The third-order valence-electron chi connectivity index (χ3n) is 3.82. The first kappa shape index (κ1) is 8.09. The molecule has 4 atom stereocenters. The van der Waals surface area contributed by atoms with Crippen LogP contribution in [-0.2, 0) is 4.79 Å². The highest BCUT2D eigenvalue weighted by Crippen LogP contribution is 2.50. The second-order valence-corrected chi connectivity index (χ2v) is 4.42. The molecule has 0 spiro atoms. The smallest absolute Gasteiger partial charge is 0.306 e. The van der Waals surface area contributed by atoms with Crippen molar-refractivity contribution in [2.75, 3.05) is 0 Å². The van der Waals surface area contributed by atoms with Gasteiger partial charge in [-0.25, -0.2) is 0 Å². The van der Waals surface area contributed by atoms with Gasteiger partial charge in [0, 0.05) is 0 Å². The Balaban J connectivity index is 2.14. The standard InChI is InChI=1S/C10H16O2/c1-6-5-9(10(11)12)8-4-2-3-7(6)8/h6-9H,2-5H2,1H3,(H,11,12)/t6-,7+,8-,9+/m0/s1. The molecule has 0 aliphatic heterocycles. The lowest BCUT2D eigenvalue weighted by Gasteiger charge is -2.14. The second kappa shape index (κ2) is 2.75. The lowest BCUT2D eigenvalue weighted by molar-refractivity contribution is -0.143. The molecule has 0 aromatic carbocycles. The van der Waals surface area contributed by atoms with Gasteiger partial charge in [-0.15, -0.1) is 0 Å². The van der Waals surface area contributed by atoms with E-state index < -0.39 is 5.97 Å². The molecule has 0 saturated heterocycles. The van der Waals surface area contributed by atoms with Gasteiger partial charge in [-0.2, -0.15) is 0 Å². The van der Waals surface area contributed by atoms with Gasteiger partial charge < -0.3 is 5.11 Å². The van der Waals surface area contributed by atoms with E-state index in [-0.39, 0.29) is 5.92 Å². The molecule has 2 aliphatic carbocycles. The second-order valence-electron chi connectivity index (χ2n) is 4.42. The number of hydrogen-bond donors (Lipinski definition) is 1. The van der Waals surface area contributed by atoms with Crippen LogP contribution in [0.25, 0.3) is 0 Å². The van der Waals surface area contributed by atoms with Crippen molar-refractivity contribution in [3.63, 3.8) is 0 Å². The molecule has 0 amide bonds. The monoisotopic (exact) mass is 168 g/mol. The third-order valence-corrected chi connectivity index (χ3v) is 3.82. The number of fused-ring (bicyclic) bond motifs is 1. The molecule has 2 fully saturated rings. The van der Waals surface area contributed by atoms with Crippen LogP contribution in [0.5, 0.6) is 0 Å². The topological polar surface area (TPSA) is 37.3 Å². The molecule has 0 bridgehead atoms. The molecule has 0 unspecified atom stereocenters. The van der Waals surface area contributed by atoms with E-state index in [1.54, 1.807) is 0 Å². The number of carboxylic acids is 1. The summed E-state index contributed by atoms with van der Waals surface area (Å²) in [7, 11) is 0. The Morgan fingerprint density at radius 1 is 1.33 bits per heavy atom. The first-order valence-corrected chi connectivity index (χ1v) is 4.93. The van der Waals surface area contributed by atoms with E-state index in [2.05, 4.69) is 6.92 Å². The normalized spacial score (nSPS) is 46.1. The van der Waals surface area contributed by atoms with Crippen LogP contribution in [0.4, 0.5) is 0 Å². The molecule has 12 heavy (non-hydrogen) atoms. The summed E-state index contributed by atoms with van der Waals surface area (Å²) >= 11 is 0. The van der Waals surface area contributed by atoms with Crippen molar-refractivity contribution >= 4 is 5.97 Å². The summed E-state index contributed by atoms with van der Waals surface area (Å²) in [5, 5.41) is 8.98. The number of aliphatic carboxylic acids is 1. The minimum Gasteiger partial charge on any atom is -0.481 e. The van der Waals surface area contributed by atoms with Crippen LogP contribution in [0.1, 0.15) is 32.6 Å². The van der Waals surface area contributed by atoms with E-state index in [4.69, 9.17) is 5.11 Å². The van der Waals surface area contributed by atoms with E-state index in [9.17, 15) is 4.79 Å². The van der Waals surface area contributed by atoms with E-state index in [1.165, 1.54) is 12.8 Å². The fourth-order valence-corrected chi connectivity index (χ4v) is 3.26. The zero-order valence-corrected chi connectivity index (χ0v) is 7.49. The highest BCUT2D eigenvalue weighted by molar-refractivity contribution is 5.71. The summed E-state index contributed by atoms with van der Waals surface area (Å²) in [6.45, 7) is 2.21. The van der Waals surface area contributed by atoms with Crippen LogP contribution in [0.15, 0.2) is 0 Å². The van der Waals surface area contributed by atoms with Crippen LogP contribution >= 0.6 is 0 Å². The molecule has 2 rings (SSSR count). The summed E-state index contributed by atoms with van der Waals surface area (Å²) in [6, 6.07) is 0. The lowest BCUT2D eigenvalue weighted by atomic mass is 9.91. The van der Waals surface area contributed by atoms with Gasteiger partial charge in [0.15, 0.2) is 0 Å². The number of carbonyl (C=O) groups is 1. The molecule has 0 radical (unpaired) electrons. The number of rotatable bonds is 1.